The molecular weight excluding hydrogens is 482 g/mol. The topological polar surface area (TPSA) is 4.93 Å². The Balaban J connectivity index is 1.73. The molecule has 2 heteroatoms. The molecule has 180 valence electrons. The van der Waals surface area contributed by atoms with Crippen LogP contribution in [0.5, 0.6) is 0 Å². The number of nitrogens with zero attached hydrogens (tertiary/aromatic N) is 1. The van der Waals surface area contributed by atoms with Gasteiger partial charge < -0.3 is 4.57 Å². The zero-order valence-electron chi connectivity index (χ0n) is 20.7. The molecule has 6 aromatic carbocycles. The summed E-state index contributed by atoms with van der Waals surface area (Å²) in [7, 11) is 0. The molecule has 1 heterocycles. The van der Waals surface area contributed by atoms with Crippen LogP contribution in [-0.4, -0.2) is 4.57 Å². The van der Waals surface area contributed by atoms with Crippen molar-refractivity contribution in [3.63, 3.8) is 0 Å². The van der Waals surface area contributed by atoms with Crippen LogP contribution in [0.3, 0.4) is 0 Å². The quantitative estimate of drug-likeness (QED) is 0.224. The third-order valence-corrected chi connectivity index (χ3v) is 7.62. The van der Waals surface area contributed by atoms with Gasteiger partial charge in [0.15, 0.2) is 0 Å². The summed E-state index contributed by atoms with van der Waals surface area (Å²) in [5.41, 5.74) is 10.3. The van der Waals surface area contributed by atoms with Crippen LogP contribution >= 0.6 is 11.6 Å². The molecule has 0 unspecified atom stereocenters. The second kappa shape index (κ2) is 9.37. The van der Waals surface area contributed by atoms with E-state index in [1.807, 2.05) is 12.1 Å². The first kappa shape index (κ1) is 22.6. The smallest absolute Gasteiger partial charge is 0.0625 e. The van der Waals surface area contributed by atoms with E-state index in [9.17, 15) is 0 Å². The third kappa shape index (κ3) is 3.63. The Morgan fingerprint density at radius 2 is 0.895 bits per heavy atom. The summed E-state index contributed by atoms with van der Waals surface area (Å²) in [6, 6.07) is 51.3. The molecule has 0 amide bonds. The van der Waals surface area contributed by atoms with Crippen molar-refractivity contribution in [1.82, 2.24) is 4.57 Å². The zero-order chi connectivity index (χ0) is 25.5. The number of aromatic nitrogens is 1. The highest BCUT2D eigenvalue weighted by Gasteiger charge is 2.23. The molecule has 0 aliphatic carbocycles. The molecule has 7 rings (SSSR count). The summed E-state index contributed by atoms with van der Waals surface area (Å²) >= 11 is 6.87. The van der Waals surface area contributed by atoms with Gasteiger partial charge in [0.2, 0.25) is 0 Å². The van der Waals surface area contributed by atoms with Crippen LogP contribution < -0.4 is 0 Å². The van der Waals surface area contributed by atoms with Crippen LogP contribution in [-0.2, 0) is 0 Å². The second-order valence-corrected chi connectivity index (χ2v) is 9.87. The Morgan fingerprint density at radius 1 is 0.395 bits per heavy atom. The minimum Gasteiger partial charge on any atom is -0.308 e. The summed E-state index contributed by atoms with van der Waals surface area (Å²) in [6.45, 7) is 0. The van der Waals surface area contributed by atoms with Crippen molar-refractivity contribution in [1.29, 1.82) is 0 Å². The van der Waals surface area contributed by atoms with Gasteiger partial charge in [-0.1, -0.05) is 139 Å². The van der Waals surface area contributed by atoms with E-state index in [0.717, 1.165) is 27.4 Å². The maximum absolute atomic E-state index is 6.87. The lowest BCUT2D eigenvalue weighted by molar-refractivity contribution is 1.18. The fraction of sp³-hybridized carbons (Fsp3) is 0. The predicted molar refractivity (Wildman–Crippen MR) is 162 cm³/mol. The Labute approximate surface area is 227 Å². The normalized spacial score (nSPS) is 11.3. The Morgan fingerprint density at radius 3 is 1.53 bits per heavy atom. The number of hydrogen-bond acceptors (Lipinski definition) is 0. The first-order valence-electron chi connectivity index (χ1n) is 12.8. The van der Waals surface area contributed by atoms with E-state index in [1.165, 1.54) is 38.5 Å². The summed E-state index contributed by atoms with van der Waals surface area (Å²) in [5, 5.41) is 3.20. The molecule has 0 saturated heterocycles. The monoisotopic (exact) mass is 505 g/mol. The maximum Gasteiger partial charge on any atom is 0.0625 e. The molecule has 0 aliphatic heterocycles. The van der Waals surface area contributed by atoms with Crippen molar-refractivity contribution in [3.05, 3.63) is 151 Å². The van der Waals surface area contributed by atoms with Gasteiger partial charge in [-0.3, -0.25) is 0 Å². The van der Waals surface area contributed by atoms with Crippen molar-refractivity contribution in [2.45, 2.75) is 0 Å². The van der Waals surface area contributed by atoms with Crippen LogP contribution in [0.4, 0.5) is 0 Å². The molecule has 0 N–H and O–H groups in total. The van der Waals surface area contributed by atoms with E-state index in [0.29, 0.717) is 0 Å². The van der Waals surface area contributed by atoms with E-state index < -0.39 is 0 Å². The average Bonchev–Trinajstić information content (AvgIpc) is 3.32. The van der Waals surface area contributed by atoms with Gasteiger partial charge >= 0.3 is 0 Å². The average molecular weight is 506 g/mol. The number of hydrogen-bond donors (Lipinski definition) is 0. The Hall–Kier alpha value is -4.59. The third-order valence-electron chi connectivity index (χ3n) is 7.29. The molecule has 0 aliphatic rings. The summed E-state index contributed by atoms with van der Waals surface area (Å²) in [6.07, 6.45) is 0. The number of benzene rings is 6. The molecule has 0 spiro atoms. The van der Waals surface area contributed by atoms with Gasteiger partial charge in [-0.15, -0.1) is 0 Å². The maximum atomic E-state index is 6.87. The van der Waals surface area contributed by atoms with Crippen LogP contribution in [0.1, 0.15) is 0 Å². The highest BCUT2D eigenvalue weighted by atomic mass is 35.5. The van der Waals surface area contributed by atoms with E-state index in [-0.39, 0.29) is 0 Å². The molecule has 0 bridgehead atoms. The summed E-state index contributed by atoms with van der Waals surface area (Å²) in [4.78, 5) is 0. The lowest BCUT2D eigenvalue weighted by Crippen LogP contribution is -2.02. The minimum absolute atomic E-state index is 0.737. The molecule has 0 atom stereocenters. The van der Waals surface area contributed by atoms with Crippen LogP contribution in [0.2, 0.25) is 5.02 Å². The van der Waals surface area contributed by atoms with Gasteiger partial charge in [-0.25, -0.2) is 0 Å². The van der Waals surface area contributed by atoms with E-state index >= 15 is 0 Å². The molecule has 1 aromatic heterocycles. The minimum atomic E-state index is 0.737. The van der Waals surface area contributed by atoms with Crippen molar-refractivity contribution < 1.29 is 0 Å². The molecule has 0 fully saturated rings. The highest BCUT2D eigenvalue weighted by Crippen LogP contribution is 2.46. The molecule has 0 radical (unpaired) electrons. The summed E-state index contributed by atoms with van der Waals surface area (Å²) in [5.74, 6) is 0. The van der Waals surface area contributed by atoms with E-state index in [2.05, 4.69) is 138 Å². The van der Waals surface area contributed by atoms with Gasteiger partial charge in [0.25, 0.3) is 0 Å². The number of rotatable bonds is 4. The van der Waals surface area contributed by atoms with Gasteiger partial charge in [0.05, 0.1) is 16.7 Å². The molecule has 0 saturated carbocycles. The zero-order valence-corrected chi connectivity index (χ0v) is 21.4. The van der Waals surface area contributed by atoms with Gasteiger partial charge in [-0.2, -0.15) is 0 Å². The SMILES string of the molecule is Clc1ccccc1-c1ccc(-c2ccccc2)c(-c2ccccc2)c1-n1c2ccccc2c2ccccc21. The Kier molecular flexibility index (Phi) is 5.57. The standard InChI is InChI=1S/C36H24ClN/c37-32-20-10-7-17-28(32)31-24-23-27(25-13-3-1-4-14-25)35(26-15-5-2-6-16-26)36(31)38-33-21-11-8-18-29(33)30-19-9-12-22-34(30)38/h1-24H. The lowest BCUT2D eigenvalue weighted by Gasteiger charge is -2.23. The molecule has 7 aromatic rings. The van der Waals surface area contributed by atoms with Gasteiger partial charge in [0, 0.05) is 32.5 Å². The van der Waals surface area contributed by atoms with Crippen LogP contribution in [0.25, 0.3) is 60.9 Å². The van der Waals surface area contributed by atoms with Crippen molar-refractivity contribution in [3.8, 4) is 39.1 Å². The second-order valence-electron chi connectivity index (χ2n) is 9.47. The molecular formula is C36H24ClN. The predicted octanol–water partition coefficient (Wildman–Crippen LogP) is 10.4. The van der Waals surface area contributed by atoms with Crippen molar-refractivity contribution in [2.24, 2.45) is 0 Å². The fourth-order valence-electron chi connectivity index (χ4n) is 5.64. The number of para-hydroxylation sites is 2. The lowest BCUT2D eigenvalue weighted by atomic mass is 9.88. The molecule has 1 nitrogen and oxygen atoms in total. The van der Waals surface area contributed by atoms with E-state index in [1.54, 1.807) is 0 Å². The Bertz CT molecular complexity index is 1860. The van der Waals surface area contributed by atoms with Gasteiger partial charge in [0.1, 0.15) is 0 Å². The first-order chi connectivity index (χ1) is 18.8. The number of halogens is 1. The molecule has 38 heavy (non-hydrogen) atoms. The highest BCUT2D eigenvalue weighted by molar-refractivity contribution is 6.33. The fourth-order valence-corrected chi connectivity index (χ4v) is 5.88. The van der Waals surface area contributed by atoms with Crippen molar-refractivity contribution >= 4 is 33.4 Å². The largest absolute Gasteiger partial charge is 0.308 e. The van der Waals surface area contributed by atoms with Crippen LogP contribution in [0, 0.1) is 0 Å². The van der Waals surface area contributed by atoms with Gasteiger partial charge in [-0.05, 0) is 34.9 Å². The van der Waals surface area contributed by atoms with Crippen molar-refractivity contribution in [2.75, 3.05) is 0 Å². The summed E-state index contributed by atoms with van der Waals surface area (Å²) < 4.78 is 2.43. The van der Waals surface area contributed by atoms with Crippen LogP contribution in [0.15, 0.2) is 146 Å². The first-order valence-corrected chi connectivity index (χ1v) is 13.2. The number of fused-ring (bicyclic) bond motifs is 3. The van der Waals surface area contributed by atoms with E-state index in [4.69, 9.17) is 11.6 Å².